The van der Waals surface area contributed by atoms with Gasteiger partial charge in [-0.15, -0.1) is 6.58 Å². The molecule has 3 nitrogen and oxygen atoms in total. The molecular formula is C13H22ClN3. The van der Waals surface area contributed by atoms with Crippen molar-refractivity contribution in [1.29, 1.82) is 0 Å². The fourth-order valence-corrected chi connectivity index (χ4v) is 2.13. The van der Waals surface area contributed by atoms with E-state index in [0.717, 1.165) is 30.1 Å². The van der Waals surface area contributed by atoms with Crippen LogP contribution in [-0.4, -0.2) is 16.3 Å². The zero-order valence-corrected chi connectivity index (χ0v) is 11.7. The van der Waals surface area contributed by atoms with Crippen molar-refractivity contribution < 1.29 is 0 Å². The maximum atomic E-state index is 6.24. The van der Waals surface area contributed by atoms with Crippen molar-refractivity contribution in [3.05, 3.63) is 29.6 Å². The van der Waals surface area contributed by atoms with Gasteiger partial charge >= 0.3 is 0 Å². The van der Waals surface area contributed by atoms with Crippen molar-refractivity contribution in [3.63, 3.8) is 0 Å². The third kappa shape index (κ3) is 3.58. The predicted molar refractivity (Wildman–Crippen MR) is 73.5 cm³/mol. The van der Waals surface area contributed by atoms with Gasteiger partial charge in [0.2, 0.25) is 0 Å². The Morgan fingerprint density at radius 2 is 2.29 bits per heavy atom. The van der Waals surface area contributed by atoms with Crippen LogP contribution in [0.4, 0.5) is 0 Å². The van der Waals surface area contributed by atoms with Crippen molar-refractivity contribution in [1.82, 2.24) is 15.1 Å². The summed E-state index contributed by atoms with van der Waals surface area (Å²) in [5, 5.41) is 8.56. The Balaban J connectivity index is 2.98. The molecule has 0 aliphatic rings. The smallest absolute Gasteiger partial charge is 0.0834 e. The molecular weight excluding hydrogens is 234 g/mol. The summed E-state index contributed by atoms with van der Waals surface area (Å²) in [7, 11) is 0. The summed E-state index contributed by atoms with van der Waals surface area (Å²) in [6.45, 7) is 11.1. The van der Waals surface area contributed by atoms with E-state index in [4.69, 9.17) is 11.6 Å². The molecule has 1 N–H and O–H groups in total. The Hall–Kier alpha value is -0.800. The number of rotatable bonds is 7. The predicted octanol–water partition coefficient (Wildman–Crippen LogP) is 3.73. The molecule has 0 radical (unpaired) electrons. The first-order valence-corrected chi connectivity index (χ1v) is 6.56. The van der Waals surface area contributed by atoms with E-state index < -0.39 is 0 Å². The summed E-state index contributed by atoms with van der Waals surface area (Å²) in [6.07, 6.45) is 5.60. The summed E-state index contributed by atoms with van der Waals surface area (Å²) >= 11 is 6.24. The minimum atomic E-state index is 0.199. The topological polar surface area (TPSA) is 29.9 Å². The average molecular weight is 256 g/mol. The van der Waals surface area contributed by atoms with E-state index in [1.807, 2.05) is 10.8 Å². The molecule has 0 aliphatic carbocycles. The largest absolute Gasteiger partial charge is 0.308 e. The van der Waals surface area contributed by atoms with Gasteiger partial charge in [0.1, 0.15) is 0 Å². The van der Waals surface area contributed by atoms with Crippen molar-refractivity contribution in [2.24, 2.45) is 0 Å². The Kier molecular flexibility index (Phi) is 5.72. The average Bonchev–Trinajstić information content (AvgIpc) is 2.66. The molecule has 0 aromatic carbocycles. The second-order valence-electron chi connectivity index (χ2n) is 4.45. The van der Waals surface area contributed by atoms with Crippen LogP contribution in [0.3, 0.4) is 0 Å². The van der Waals surface area contributed by atoms with Gasteiger partial charge in [-0.1, -0.05) is 24.6 Å². The van der Waals surface area contributed by atoms with Crippen LogP contribution in [-0.2, 0) is 0 Å². The van der Waals surface area contributed by atoms with Gasteiger partial charge in [0, 0.05) is 6.04 Å². The number of halogens is 1. The lowest BCUT2D eigenvalue weighted by Crippen LogP contribution is -2.25. The second-order valence-corrected chi connectivity index (χ2v) is 4.85. The maximum Gasteiger partial charge on any atom is 0.0834 e. The standard InChI is InChI=1S/C13H22ClN3/c1-5-7-12(15-8-6-2)13-11(14)9-16-17(13)10(3)4/h5,9-10,12,15H,1,6-8H2,2-4H3. The normalized spacial score (nSPS) is 13.0. The minimum Gasteiger partial charge on any atom is -0.308 e. The number of nitrogens with zero attached hydrogens (tertiary/aromatic N) is 2. The fraction of sp³-hybridized carbons (Fsp3) is 0.615. The lowest BCUT2D eigenvalue weighted by molar-refractivity contribution is 0.445. The molecule has 1 unspecified atom stereocenters. The Morgan fingerprint density at radius 1 is 1.59 bits per heavy atom. The van der Waals surface area contributed by atoms with Gasteiger partial charge in [-0.3, -0.25) is 4.68 Å². The van der Waals surface area contributed by atoms with Gasteiger partial charge in [-0.25, -0.2) is 0 Å². The molecule has 0 saturated carbocycles. The highest BCUT2D eigenvalue weighted by atomic mass is 35.5. The van der Waals surface area contributed by atoms with E-state index in [0.29, 0.717) is 6.04 Å². The highest BCUT2D eigenvalue weighted by Crippen LogP contribution is 2.27. The van der Waals surface area contributed by atoms with Gasteiger partial charge in [0.05, 0.1) is 23.0 Å². The molecule has 0 spiro atoms. The molecule has 1 rings (SSSR count). The molecule has 0 bridgehead atoms. The molecule has 96 valence electrons. The number of hydrogen-bond donors (Lipinski definition) is 1. The number of aromatic nitrogens is 2. The third-order valence-electron chi connectivity index (χ3n) is 2.65. The number of nitrogens with one attached hydrogen (secondary N) is 1. The van der Waals surface area contributed by atoms with E-state index >= 15 is 0 Å². The van der Waals surface area contributed by atoms with E-state index in [9.17, 15) is 0 Å². The Morgan fingerprint density at radius 3 is 2.82 bits per heavy atom. The van der Waals surface area contributed by atoms with E-state index in [2.05, 4.69) is 37.8 Å². The molecule has 1 heterocycles. The van der Waals surface area contributed by atoms with Gasteiger partial charge in [0.25, 0.3) is 0 Å². The Bertz CT molecular complexity index is 358. The van der Waals surface area contributed by atoms with E-state index in [1.165, 1.54) is 0 Å². The molecule has 1 atom stereocenters. The van der Waals surface area contributed by atoms with Crippen molar-refractivity contribution >= 4 is 11.6 Å². The molecule has 0 fully saturated rings. The van der Waals surface area contributed by atoms with Gasteiger partial charge in [0.15, 0.2) is 0 Å². The molecule has 0 aliphatic heterocycles. The van der Waals surface area contributed by atoms with Crippen molar-refractivity contribution in [2.45, 2.75) is 45.7 Å². The summed E-state index contributed by atoms with van der Waals surface area (Å²) < 4.78 is 1.99. The SMILES string of the molecule is C=CCC(NCCC)c1c(Cl)cnn1C(C)C. The maximum absolute atomic E-state index is 6.24. The summed E-state index contributed by atoms with van der Waals surface area (Å²) in [5.41, 5.74) is 1.06. The van der Waals surface area contributed by atoms with Gasteiger partial charge < -0.3 is 5.32 Å². The molecule has 1 aromatic heterocycles. The van der Waals surface area contributed by atoms with Gasteiger partial charge in [-0.05, 0) is 33.2 Å². The first-order valence-electron chi connectivity index (χ1n) is 6.19. The summed E-state index contributed by atoms with van der Waals surface area (Å²) in [5.74, 6) is 0. The van der Waals surface area contributed by atoms with Crippen molar-refractivity contribution in [3.8, 4) is 0 Å². The second kappa shape index (κ2) is 6.82. The first kappa shape index (κ1) is 14.3. The lowest BCUT2D eigenvalue weighted by atomic mass is 10.1. The van der Waals surface area contributed by atoms with Crippen LogP contribution >= 0.6 is 11.6 Å². The van der Waals surface area contributed by atoms with Gasteiger partial charge in [-0.2, -0.15) is 5.10 Å². The van der Waals surface area contributed by atoms with Crippen LogP contribution in [0.5, 0.6) is 0 Å². The summed E-state index contributed by atoms with van der Waals surface area (Å²) in [4.78, 5) is 0. The van der Waals surface area contributed by atoms with Crippen LogP contribution in [0.1, 0.15) is 51.4 Å². The van der Waals surface area contributed by atoms with Crippen LogP contribution in [0.2, 0.25) is 5.02 Å². The Labute approximate surface area is 109 Å². The monoisotopic (exact) mass is 255 g/mol. The molecule has 17 heavy (non-hydrogen) atoms. The first-order chi connectivity index (χ1) is 8.11. The minimum absolute atomic E-state index is 0.199. The molecule has 0 saturated heterocycles. The summed E-state index contributed by atoms with van der Waals surface area (Å²) in [6, 6.07) is 0.512. The van der Waals surface area contributed by atoms with Crippen LogP contribution in [0, 0.1) is 0 Å². The zero-order chi connectivity index (χ0) is 12.8. The quantitative estimate of drug-likeness (QED) is 0.753. The molecule has 0 amide bonds. The molecule has 4 heteroatoms. The fourth-order valence-electron chi connectivity index (χ4n) is 1.87. The van der Waals surface area contributed by atoms with Crippen LogP contribution in [0.15, 0.2) is 18.9 Å². The highest BCUT2D eigenvalue weighted by molar-refractivity contribution is 6.31. The number of hydrogen-bond acceptors (Lipinski definition) is 2. The lowest BCUT2D eigenvalue weighted by Gasteiger charge is -2.21. The van der Waals surface area contributed by atoms with E-state index in [-0.39, 0.29) is 6.04 Å². The van der Waals surface area contributed by atoms with Crippen LogP contribution < -0.4 is 5.32 Å². The zero-order valence-electron chi connectivity index (χ0n) is 10.9. The van der Waals surface area contributed by atoms with Crippen LogP contribution in [0.25, 0.3) is 0 Å². The third-order valence-corrected chi connectivity index (χ3v) is 2.94. The molecule has 1 aromatic rings. The van der Waals surface area contributed by atoms with Crippen molar-refractivity contribution in [2.75, 3.05) is 6.54 Å². The van der Waals surface area contributed by atoms with E-state index in [1.54, 1.807) is 6.20 Å². The highest BCUT2D eigenvalue weighted by Gasteiger charge is 2.19.